The van der Waals surface area contributed by atoms with E-state index in [1.807, 2.05) is 18.2 Å². The monoisotopic (exact) mass is 496 g/mol. The van der Waals surface area contributed by atoms with Crippen LogP contribution < -0.4 is 0 Å². The largest absolute Gasteiger partial charge is 0.205 e. The van der Waals surface area contributed by atoms with Crippen molar-refractivity contribution in [2.75, 3.05) is 10.7 Å². The molecule has 0 aliphatic heterocycles. The third-order valence-electron chi connectivity index (χ3n) is 3.49. The minimum atomic E-state index is -0.372. The van der Waals surface area contributed by atoms with Crippen molar-refractivity contribution in [2.45, 2.75) is 11.8 Å². The van der Waals surface area contributed by atoms with E-state index >= 15 is 0 Å². The van der Waals surface area contributed by atoms with Gasteiger partial charge in [-0.25, -0.2) is 4.39 Å². The van der Waals surface area contributed by atoms with E-state index in [4.69, 9.17) is 11.6 Å². The average Bonchev–Trinajstić information content (AvgIpc) is 2.49. The SMILES string of the molecule is Fc1cc(CC(CBr)(CBr)c2ccc(Br)cc2)ccc1Cl. The highest BCUT2D eigenvalue weighted by atomic mass is 79.9. The van der Waals surface area contributed by atoms with E-state index in [0.717, 1.165) is 27.1 Å². The average molecular weight is 499 g/mol. The lowest BCUT2D eigenvalue weighted by Gasteiger charge is -2.31. The van der Waals surface area contributed by atoms with Crippen molar-refractivity contribution >= 4 is 59.4 Å². The quantitative estimate of drug-likeness (QED) is 0.412. The molecule has 0 atom stereocenters. The van der Waals surface area contributed by atoms with Crippen molar-refractivity contribution in [3.05, 3.63) is 68.9 Å². The Morgan fingerprint density at radius 1 is 1.00 bits per heavy atom. The lowest BCUT2D eigenvalue weighted by atomic mass is 9.79. The highest BCUT2D eigenvalue weighted by Crippen LogP contribution is 2.34. The van der Waals surface area contributed by atoms with Crippen LogP contribution in [0.25, 0.3) is 0 Å². The summed E-state index contributed by atoms with van der Waals surface area (Å²) in [5.41, 5.74) is 1.99. The minimum Gasteiger partial charge on any atom is -0.205 e. The van der Waals surface area contributed by atoms with Crippen LogP contribution >= 0.6 is 59.4 Å². The molecule has 2 aromatic rings. The molecule has 2 rings (SSSR count). The molecule has 0 radical (unpaired) electrons. The molecule has 0 N–H and O–H groups in total. The van der Waals surface area contributed by atoms with E-state index in [2.05, 4.69) is 59.9 Å². The van der Waals surface area contributed by atoms with Crippen LogP contribution in [0.4, 0.5) is 4.39 Å². The Hall–Kier alpha value is 0.1000. The van der Waals surface area contributed by atoms with E-state index in [9.17, 15) is 4.39 Å². The first-order chi connectivity index (χ1) is 10.0. The van der Waals surface area contributed by atoms with Gasteiger partial charge in [-0.3, -0.25) is 0 Å². The zero-order valence-corrected chi connectivity index (χ0v) is 16.6. The topological polar surface area (TPSA) is 0 Å². The van der Waals surface area contributed by atoms with Crippen molar-refractivity contribution in [1.82, 2.24) is 0 Å². The molecule has 0 nitrogen and oxygen atoms in total. The molecule has 0 fully saturated rings. The number of halogens is 5. The second-order valence-corrected chi connectivity index (χ2v) is 7.42. The van der Waals surface area contributed by atoms with Gasteiger partial charge in [-0.1, -0.05) is 77.6 Å². The maximum Gasteiger partial charge on any atom is 0.142 e. The molecule has 5 heteroatoms. The molecule has 0 heterocycles. The Labute approximate surface area is 154 Å². The van der Waals surface area contributed by atoms with E-state index < -0.39 is 0 Å². The second kappa shape index (κ2) is 7.58. The standard InChI is InChI=1S/C16H13Br3ClF/c17-9-16(10-18,12-2-4-13(19)5-3-12)8-11-1-6-14(20)15(21)7-11/h1-7H,8-10H2. The summed E-state index contributed by atoms with van der Waals surface area (Å²) in [6.07, 6.45) is 0.721. The normalized spacial score (nSPS) is 11.7. The van der Waals surface area contributed by atoms with Crippen LogP contribution in [0.5, 0.6) is 0 Å². The molecule has 2 aromatic carbocycles. The molecular weight excluding hydrogens is 486 g/mol. The van der Waals surface area contributed by atoms with Crippen LogP contribution in [0.1, 0.15) is 11.1 Å². The van der Waals surface area contributed by atoms with Crippen LogP contribution in [0.2, 0.25) is 5.02 Å². The third-order valence-corrected chi connectivity index (χ3v) is 6.48. The zero-order valence-electron chi connectivity index (χ0n) is 11.1. The summed E-state index contributed by atoms with van der Waals surface area (Å²) in [6, 6.07) is 13.3. The fourth-order valence-electron chi connectivity index (χ4n) is 2.23. The first-order valence-corrected chi connectivity index (χ1v) is 9.74. The summed E-state index contributed by atoms with van der Waals surface area (Å²) in [5.74, 6) is -0.372. The Balaban J connectivity index is 2.37. The molecule has 0 aromatic heterocycles. The van der Waals surface area contributed by atoms with Gasteiger partial charge in [0.25, 0.3) is 0 Å². The van der Waals surface area contributed by atoms with Crippen molar-refractivity contribution in [1.29, 1.82) is 0 Å². The highest BCUT2D eigenvalue weighted by molar-refractivity contribution is 9.10. The van der Waals surface area contributed by atoms with Gasteiger partial charge >= 0.3 is 0 Å². The Bertz CT molecular complexity index is 609. The van der Waals surface area contributed by atoms with Gasteiger partial charge in [-0.15, -0.1) is 0 Å². The maximum absolute atomic E-state index is 13.7. The van der Waals surface area contributed by atoms with Crippen molar-refractivity contribution < 1.29 is 4.39 Å². The molecule has 0 bridgehead atoms. The molecule has 0 saturated heterocycles. The predicted octanol–water partition coefficient (Wildman–Crippen LogP) is 6.51. The van der Waals surface area contributed by atoms with Gasteiger partial charge in [0, 0.05) is 20.5 Å². The van der Waals surface area contributed by atoms with E-state index in [1.165, 1.54) is 11.6 Å². The van der Waals surface area contributed by atoms with Gasteiger partial charge in [0.15, 0.2) is 0 Å². The second-order valence-electron chi connectivity index (χ2n) is 4.98. The first kappa shape index (κ1) is 17.5. The van der Waals surface area contributed by atoms with Gasteiger partial charge < -0.3 is 0 Å². The summed E-state index contributed by atoms with van der Waals surface area (Å²) in [4.78, 5) is 0. The van der Waals surface area contributed by atoms with Crippen LogP contribution in [-0.2, 0) is 11.8 Å². The molecule has 0 saturated carbocycles. The Morgan fingerprint density at radius 3 is 2.14 bits per heavy atom. The van der Waals surface area contributed by atoms with E-state index in [-0.39, 0.29) is 16.3 Å². The number of rotatable bonds is 5. The number of hydrogen-bond acceptors (Lipinski definition) is 0. The first-order valence-electron chi connectivity index (χ1n) is 6.33. The molecule has 0 aliphatic carbocycles. The molecule has 0 spiro atoms. The minimum absolute atomic E-state index is 0.138. The summed E-state index contributed by atoms with van der Waals surface area (Å²) in [6.45, 7) is 0. The number of hydrogen-bond donors (Lipinski definition) is 0. The Kier molecular flexibility index (Phi) is 6.30. The van der Waals surface area contributed by atoms with Gasteiger partial charge in [-0.05, 0) is 41.8 Å². The number of alkyl halides is 2. The highest BCUT2D eigenvalue weighted by Gasteiger charge is 2.30. The van der Waals surface area contributed by atoms with E-state index in [1.54, 1.807) is 6.07 Å². The van der Waals surface area contributed by atoms with Gasteiger partial charge in [0.05, 0.1) is 5.02 Å². The van der Waals surface area contributed by atoms with E-state index in [0.29, 0.717) is 0 Å². The van der Waals surface area contributed by atoms with Gasteiger partial charge in [0.2, 0.25) is 0 Å². The van der Waals surface area contributed by atoms with Crippen LogP contribution in [0.3, 0.4) is 0 Å². The van der Waals surface area contributed by atoms with Gasteiger partial charge in [0.1, 0.15) is 5.82 Å². The maximum atomic E-state index is 13.7. The van der Waals surface area contributed by atoms with Crippen molar-refractivity contribution in [3.8, 4) is 0 Å². The van der Waals surface area contributed by atoms with Crippen LogP contribution in [0.15, 0.2) is 46.9 Å². The summed E-state index contributed by atoms with van der Waals surface area (Å²) >= 11 is 16.4. The molecule has 112 valence electrons. The lowest BCUT2D eigenvalue weighted by molar-refractivity contribution is 0.547. The zero-order chi connectivity index (χ0) is 15.5. The fourth-order valence-corrected chi connectivity index (χ4v) is 4.58. The predicted molar refractivity (Wildman–Crippen MR) is 98.5 cm³/mol. The molecule has 0 amide bonds. The number of benzene rings is 2. The van der Waals surface area contributed by atoms with Crippen molar-refractivity contribution in [2.24, 2.45) is 0 Å². The summed E-state index contributed by atoms with van der Waals surface area (Å²) in [5, 5.41) is 1.71. The lowest BCUT2D eigenvalue weighted by Crippen LogP contribution is -2.33. The summed E-state index contributed by atoms with van der Waals surface area (Å²) in [7, 11) is 0. The molecular formula is C16H13Br3ClF. The van der Waals surface area contributed by atoms with Crippen molar-refractivity contribution in [3.63, 3.8) is 0 Å². The molecule has 0 unspecified atom stereocenters. The van der Waals surface area contributed by atoms with Crippen LogP contribution in [0, 0.1) is 5.82 Å². The third kappa shape index (κ3) is 4.10. The molecule has 21 heavy (non-hydrogen) atoms. The molecule has 0 aliphatic rings. The van der Waals surface area contributed by atoms with Crippen LogP contribution in [-0.4, -0.2) is 10.7 Å². The fraction of sp³-hybridized carbons (Fsp3) is 0.250. The van der Waals surface area contributed by atoms with Gasteiger partial charge in [-0.2, -0.15) is 0 Å². The summed E-state index contributed by atoms with van der Waals surface area (Å²) < 4.78 is 14.7. The Morgan fingerprint density at radius 2 is 1.62 bits per heavy atom. The smallest absolute Gasteiger partial charge is 0.142 e.